The average molecular weight is 297 g/mol. The zero-order valence-corrected chi connectivity index (χ0v) is 12.4. The molecule has 2 rings (SSSR count). The number of thiazole rings is 1. The number of benzene rings is 1. The topological polar surface area (TPSA) is 48.1 Å². The molecule has 0 aliphatic heterocycles. The van der Waals surface area contributed by atoms with Crippen LogP contribution in [0.3, 0.4) is 0 Å². The van der Waals surface area contributed by atoms with E-state index in [1.807, 2.05) is 17.5 Å². The minimum absolute atomic E-state index is 0.411. The number of halogens is 1. The largest absolute Gasteiger partial charge is 0.487 e. The van der Waals surface area contributed by atoms with Crippen LogP contribution in [0.15, 0.2) is 23.6 Å². The van der Waals surface area contributed by atoms with Crippen LogP contribution >= 0.6 is 22.9 Å². The second-order valence-corrected chi connectivity index (χ2v) is 5.61. The first-order chi connectivity index (χ1) is 9.22. The van der Waals surface area contributed by atoms with Crippen LogP contribution in [0.4, 0.5) is 0 Å². The van der Waals surface area contributed by atoms with Gasteiger partial charge in [-0.25, -0.2) is 4.98 Å². The van der Waals surface area contributed by atoms with Crippen molar-refractivity contribution >= 4 is 22.9 Å². The molecule has 0 aliphatic carbocycles. The molecule has 0 unspecified atom stereocenters. The van der Waals surface area contributed by atoms with Crippen molar-refractivity contribution in [2.24, 2.45) is 5.73 Å². The molecule has 19 heavy (non-hydrogen) atoms. The van der Waals surface area contributed by atoms with Gasteiger partial charge in [0.2, 0.25) is 0 Å². The van der Waals surface area contributed by atoms with Gasteiger partial charge in [-0.15, -0.1) is 11.3 Å². The lowest BCUT2D eigenvalue weighted by atomic mass is 10.2. The zero-order valence-electron chi connectivity index (χ0n) is 10.9. The van der Waals surface area contributed by atoms with Gasteiger partial charge in [0.25, 0.3) is 0 Å². The lowest BCUT2D eigenvalue weighted by molar-refractivity contribution is 0.299. The molecule has 1 heterocycles. The number of aryl methyl sites for hydroxylation is 1. The number of aromatic nitrogens is 1. The first-order valence-corrected chi connectivity index (χ1v) is 7.53. The number of rotatable bonds is 6. The van der Waals surface area contributed by atoms with E-state index in [9.17, 15) is 0 Å². The van der Waals surface area contributed by atoms with Gasteiger partial charge in [-0.3, -0.25) is 0 Å². The van der Waals surface area contributed by atoms with Crippen molar-refractivity contribution in [1.82, 2.24) is 4.98 Å². The molecule has 3 nitrogen and oxygen atoms in total. The first-order valence-electron chi connectivity index (χ1n) is 6.27. The van der Waals surface area contributed by atoms with Gasteiger partial charge in [-0.2, -0.15) is 0 Å². The Bertz CT molecular complexity index is 542. The number of hydrogen-bond donors (Lipinski definition) is 1. The van der Waals surface area contributed by atoms with Crippen LogP contribution in [-0.2, 0) is 19.6 Å². The molecule has 0 fully saturated rings. The summed E-state index contributed by atoms with van der Waals surface area (Å²) in [5, 5.41) is 3.88. The molecule has 0 radical (unpaired) electrons. The Labute approximate surface area is 122 Å². The fourth-order valence-electron chi connectivity index (χ4n) is 1.74. The molecule has 1 aromatic heterocycles. The summed E-state index contributed by atoms with van der Waals surface area (Å²) in [5.41, 5.74) is 7.56. The van der Waals surface area contributed by atoms with Gasteiger partial charge in [0.1, 0.15) is 12.4 Å². The van der Waals surface area contributed by atoms with Gasteiger partial charge in [-0.05, 0) is 31.0 Å². The molecule has 0 amide bonds. The summed E-state index contributed by atoms with van der Waals surface area (Å²) in [7, 11) is 0. The van der Waals surface area contributed by atoms with Crippen molar-refractivity contribution in [2.45, 2.75) is 32.9 Å². The molecule has 102 valence electrons. The Morgan fingerprint density at radius 1 is 1.42 bits per heavy atom. The van der Waals surface area contributed by atoms with Gasteiger partial charge in [0, 0.05) is 22.5 Å². The van der Waals surface area contributed by atoms with Crippen LogP contribution in [0.2, 0.25) is 5.02 Å². The molecule has 0 spiro atoms. The van der Waals surface area contributed by atoms with E-state index >= 15 is 0 Å². The monoisotopic (exact) mass is 296 g/mol. The second-order valence-electron chi connectivity index (χ2n) is 4.23. The van der Waals surface area contributed by atoms with E-state index in [1.165, 1.54) is 0 Å². The third-order valence-electron chi connectivity index (χ3n) is 2.68. The maximum Gasteiger partial charge on any atom is 0.131 e. The van der Waals surface area contributed by atoms with Gasteiger partial charge >= 0.3 is 0 Å². The molecule has 0 atom stereocenters. The quantitative estimate of drug-likeness (QED) is 0.882. The molecule has 2 N–H and O–H groups in total. The van der Waals surface area contributed by atoms with E-state index in [0.717, 1.165) is 34.9 Å². The number of ether oxygens (including phenoxy) is 1. The molecule has 0 saturated carbocycles. The van der Waals surface area contributed by atoms with E-state index in [0.29, 0.717) is 18.2 Å². The van der Waals surface area contributed by atoms with Crippen molar-refractivity contribution in [3.63, 3.8) is 0 Å². The normalized spacial score (nSPS) is 10.7. The maximum atomic E-state index is 5.93. The molecule has 2 aromatic rings. The van der Waals surface area contributed by atoms with Crippen LogP contribution in [-0.4, -0.2) is 4.98 Å². The van der Waals surface area contributed by atoms with E-state index < -0.39 is 0 Å². The Balaban J connectivity index is 2.01. The fraction of sp³-hybridized carbons (Fsp3) is 0.357. The molecular formula is C14H17ClN2OS. The van der Waals surface area contributed by atoms with Crippen molar-refractivity contribution < 1.29 is 4.74 Å². The number of nitrogens with zero attached hydrogens (tertiary/aromatic N) is 1. The molecular weight excluding hydrogens is 280 g/mol. The summed E-state index contributed by atoms with van der Waals surface area (Å²) in [4.78, 5) is 4.52. The highest BCUT2D eigenvalue weighted by Gasteiger charge is 2.06. The summed E-state index contributed by atoms with van der Waals surface area (Å²) in [5.74, 6) is 0.775. The molecule has 5 heteroatoms. The van der Waals surface area contributed by atoms with E-state index in [4.69, 9.17) is 22.1 Å². The van der Waals surface area contributed by atoms with Crippen molar-refractivity contribution in [2.75, 3.05) is 0 Å². The van der Waals surface area contributed by atoms with Crippen molar-refractivity contribution in [1.29, 1.82) is 0 Å². The lowest BCUT2D eigenvalue weighted by Crippen LogP contribution is -2.03. The van der Waals surface area contributed by atoms with E-state index in [-0.39, 0.29) is 0 Å². The van der Waals surface area contributed by atoms with Gasteiger partial charge < -0.3 is 10.5 Å². The molecule has 0 saturated heterocycles. The summed E-state index contributed by atoms with van der Waals surface area (Å²) < 4.78 is 5.77. The summed E-state index contributed by atoms with van der Waals surface area (Å²) in [6.07, 6.45) is 2.14. The van der Waals surface area contributed by atoms with Crippen molar-refractivity contribution in [3.05, 3.63) is 44.9 Å². The predicted molar refractivity (Wildman–Crippen MR) is 79.8 cm³/mol. The second kappa shape index (κ2) is 6.89. The van der Waals surface area contributed by atoms with E-state index in [1.54, 1.807) is 17.4 Å². The summed E-state index contributed by atoms with van der Waals surface area (Å²) in [6, 6.07) is 5.49. The Morgan fingerprint density at radius 2 is 2.26 bits per heavy atom. The van der Waals surface area contributed by atoms with Crippen LogP contribution < -0.4 is 10.5 Å². The standard InChI is InChI=1S/C14H17ClN2OS/c1-2-3-14-17-12(9-19-14)8-18-13-5-4-11(15)6-10(13)7-16/h4-6,9H,2-3,7-8,16H2,1H3. The Kier molecular flexibility index (Phi) is 5.19. The Hall–Kier alpha value is -1.10. The highest BCUT2D eigenvalue weighted by molar-refractivity contribution is 7.09. The van der Waals surface area contributed by atoms with Crippen LogP contribution in [0.1, 0.15) is 29.6 Å². The number of hydrogen-bond acceptors (Lipinski definition) is 4. The molecule has 0 bridgehead atoms. The van der Waals surface area contributed by atoms with Crippen LogP contribution in [0.5, 0.6) is 5.75 Å². The summed E-state index contributed by atoms with van der Waals surface area (Å²) >= 11 is 7.61. The summed E-state index contributed by atoms with van der Waals surface area (Å²) in [6.45, 7) is 3.03. The van der Waals surface area contributed by atoms with Gasteiger partial charge in [-0.1, -0.05) is 18.5 Å². The maximum absolute atomic E-state index is 5.93. The number of nitrogens with two attached hydrogens (primary N) is 1. The predicted octanol–water partition coefficient (Wildman–Crippen LogP) is 3.79. The van der Waals surface area contributed by atoms with Crippen molar-refractivity contribution in [3.8, 4) is 5.75 Å². The minimum atomic E-state index is 0.411. The molecule has 1 aromatic carbocycles. The smallest absolute Gasteiger partial charge is 0.131 e. The SMILES string of the molecule is CCCc1nc(COc2ccc(Cl)cc2CN)cs1. The average Bonchev–Trinajstić information content (AvgIpc) is 2.85. The highest BCUT2D eigenvalue weighted by atomic mass is 35.5. The Morgan fingerprint density at radius 3 is 3.00 bits per heavy atom. The molecule has 0 aliphatic rings. The van der Waals surface area contributed by atoms with E-state index in [2.05, 4.69) is 11.9 Å². The zero-order chi connectivity index (χ0) is 13.7. The fourth-order valence-corrected chi connectivity index (χ4v) is 2.82. The van der Waals surface area contributed by atoms with Crippen LogP contribution in [0, 0.1) is 0 Å². The van der Waals surface area contributed by atoms with Gasteiger partial charge in [0.15, 0.2) is 0 Å². The highest BCUT2D eigenvalue weighted by Crippen LogP contribution is 2.23. The van der Waals surface area contributed by atoms with Gasteiger partial charge in [0.05, 0.1) is 10.7 Å². The lowest BCUT2D eigenvalue weighted by Gasteiger charge is -2.09. The third kappa shape index (κ3) is 3.93. The van der Waals surface area contributed by atoms with Crippen LogP contribution in [0.25, 0.3) is 0 Å². The third-order valence-corrected chi connectivity index (χ3v) is 3.87. The first kappa shape index (κ1) is 14.3. The minimum Gasteiger partial charge on any atom is -0.487 e.